The van der Waals surface area contributed by atoms with Gasteiger partial charge in [0, 0.05) is 19.6 Å². The fraction of sp³-hybridized carbons (Fsp3) is 0.455. The lowest BCUT2D eigenvalue weighted by Crippen LogP contribution is -2.38. The van der Waals surface area contributed by atoms with Gasteiger partial charge < -0.3 is 5.32 Å². The zero-order valence-corrected chi connectivity index (χ0v) is 12.2. The molecule has 0 radical (unpaired) electrons. The van der Waals surface area contributed by atoms with Crippen LogP contribution in [0.4, 0.5) is 13.2 Å². The van der Waals surface area contributed by atoms with E-state index in [1.165, 1.54) is 7.05 Å². The van der Waals surface area contributed by atoms with Crippen LogP contribution >= 0.6 is 12.4 Å². The van der Waals surface area contributed by atoms with E-state index in [2.05, 4.69) is 5.32 Å². The van der Waals surface area contributed by atoms with Gasteiger partial charge in [0.05, 0.1) is 4.90 Å². The zero-order valence-electron chi connectivity index (χ0n) is 10.6. The summed E-state index contributed by atoms with van der Waals surface area (Å²) in [6.07, 6.45) is 0.613. The molecule has 1 N–H and O–H groups in total. The van der Waals surface area contributed by atoms with E-state index in [9.17, 15) is 21.6 Å². The van der Waals surface area contributed by atoms with Gasteiger partial charge in [0.1, 0.15) is 0 Å². The Hall–Kier alpha value is -0.830. The van der Waals surface area contributed by atoms with Crippen molar-refractivity contribution in [2.24, 2.45) is 0 Å². The topological polar surface area (TPSA) is 49.4 Å². The van der Waals surface area contributed by atoms with E-state index < -0.39 is 32.4 Å². The molecule has 0 bridgehead atoms. The molecule has 1 atom stereocenters. The molecular formula is C11H14ClF3N2O2S. The summed E-state index contributed by atoms with van der Waals surface area (Å²) in [5.74, 6) is -4.71. The standard InChI is InChI=1S/C11H13F3N2O2S.ClH/c1-16(7-2-3-15-6-7)19(17,18)8-4-9(12)11(14)10(13)5-8;/h4-5,7,15H,2-3,6H2,1H3;1H. The Balaban J connectivity index is 0.00000200. The summed E-state index contributed by atoms with van der Waals surface area (Å²) in [5.41, 5.74) is 0. The molecule has 0 saturated carbocycles. The van der Waals surface area contributed by atoms with Gasteiger partial charge in [-0.05, 0) is 25.1 Å². The van der Waals surface area contributed by atoms with Crippen LogP contribution in [-0.4, -0.2) is 38.9 Å². The van der Waals surface area contributed by atoms with Crippen LogP contribution in [0.25, 0.3) is 0 Å². The highest BCUT2D eigenvalue weighted by molar-refractivity contribution is 7.89. The quantitative estimate of drug-likeness (QED) is 0.855. The van der Waals surface area contributed by atoms with Crippen molar-refractivity contribution in [2.45, 2.75) is 17.4 Å². The molecule has 0 spiro atoms. The maximum atomic E-state index is 13.1. The Morgan fingerprint density at radius 2 is 1.80 bits per heavy atom. The van der Waals surface area contributed by atoms with Gasteiger partial charge in [0.2, 0.25) is 10.0 Å². The molecule has 1 fully saturated rings. The van der Waals surface area contributed by atoms with E-state index >= 15 is 0 Å². The number of hydrogen-bond donors (Lipinski definition) is 1. The molecule has 1 aliphatic heterocycles. The summed E-state index contributed by atoms with van der Waals surface area (Å²) in [7, 11) is -2.70. The summed E-state index contributed by atoms with van der Waals surface area (Å²) in [5, 5.41) is 2.99. The van der Waals surface area contributed by atoms with E-state index in [1.54, 1.807) is 0 Å². The molecule has 1 heterocycles. The normalized spacial score (nSPS) is 19.1. The van der Waals surface area contributed by atoms with E-state index in [-0.39, 0.29) is 18.4 Å². The molecule has 1 saturated heterocycles. The lowest BCUT2D eigenvalue weighted by atomic mass is 10.3. The molecule has 0 amide bonds. The van der Waals surface area contributed by atoms with E-state index in [1.807, 2.05) is 0 Å². The van der Waals surface area contributed by atoms with Crippen molar-refractivity contribution >= 4 is 22.4 Å². The Kier molecular flexibility index (Phi) is 5.42. The smallest absolute Gasteiger partial charge is 0.243 e. The first-order valence-corrected chi connectivity index (χ1v) is 7.11. The van der Waals surface area contributed by atoms with Crippen LogP contribution in [0, 0.1) is 17.5 Å². The Labute approximate surface area is 121 Å². The fourth-order valence-corrected chi connectivity index (χ4v) is 3.40. The highest BCUT2D eigenvalue weighted by Gasteiger charge is 2.31. The van der Waals surface area contributed by atoms with Crippen LogP contribution < -0.4 is 5.32 Å². The second-order valence-corrected chi connectivity index (χ2v) is 6.37. The number of nitrogens with one attached hydrogen (secondary N) is 1. The number of rotatable bonds is 3. The van der Waals surface area contributed by atoms with Crippen LogP contribution in [0.1, 0.15) is 6.42 Å². The Morgan fingerprint density at radius 3 is 2.25 bits per heavy atom. The molecule has 0 aromatic heterocycles. The molecular weight excluding hydrogens is 317 g/mol. The SMILES string of the molecule is CN(C1CCNC1)S(=O)(=O)c1cc(F)c(F)c(F)c1.Cl. The summed E-state index contributed by atoms with van der Waals surface area (Å²) in [4.78, 5) is -0.585. The molecule has 1 aromatic carbocycles. The largest absolute Gasteiger partial charge is 0.315 e. The van der Waals surface area contributed by atoms with Gasteiger partial charge >= 0.3 is 0 Å². The Bertz CT molecular complexity index is 568. The number of nitrogens with zero attached hydrogens (tertiary/aromatic N) is 1. The van der Waals surface area contributed by atoms with Crippen LogP contribution in [0.15, 0.2) is 17.0 Å². The minimum absolute atomic E-state index is 0. The summed E-state index contributed by atoms with van der Waals surface area (Å²) in [6.45, 7) is 1.15. The molecule has 0 aliphatic carbocycles. The predicted molar refractivity (Wildman–Crippen MR) is 69.8 cm³/mol. The molecule has 2 rings (SSSR count). The molecule has 1 aromatic rings. The van der Waals surface area contributed by atoms with Crippen LogP contribution in [0.3, 0.4) is 0 Å². The van der Waals surface area contributed by atoms with E-state index in [0.29, 0.717) is 31.6 Å². The molecule has 20 heavy (non-hydrogen) atoms. The predicted octanol–water partition coefficient (Wildman–Crippen LogP) is 1.51. The van der Waals surface area contributed by atoms with Gasteiger partial charge in [0.25, 0.3) is 0 Å². The number of benzene rings is 1. The second-order valence-electron chi connectivity index (χ2n) is 4.37. The van der Waals surface area contributed by atoms with Crippen molar-refractivity contribution in [2.75, 3.05) is 20.1 Å². The molecule has 1 unspecified atom stereocenters. The van der Waals surface area contributed by atoms with Gasteiger partial charge in [-0.2, -0.15) is 4.31 Å². The first kappa shape index (κ1) is 17.2. The van der Waals surface area contributed by atoms with Crippen molar-refractivity contribution in [3.8, 4) is 0 Å². The molecule has 114 valence electrons. The zero-order chi connectivity index (χ0) is 14.2. The van der Waals surface area contributed by atoms with Gasteiger partial charge in [0.15, 0.2) is 17.5 Å². The molecule has 1 aliphatic rings. The molecule has 4 nitrogen and oxygen atoms in total. The first-order valence-electron chi connectivity index (χ1n) is 5.67. The maximum absolute atomic E-state index is 13.1. The fourth-order valence-electron chi connectivity index (χ4n) is 1.99. The average molecular weight is 331 g/mol. The number of sulfonamides is 1. The second kappa shape index (κ2) is 6.30. The van der Waals surface area contributed by atoms with Crippen molar-refractivity contribution in [1.82, 2.24) is 9.62 Å². The maximum Gasteiger partial charge on any atom is 0.243 e. The third-order valence-electron chi connectivity index (χ3n) is 3.18. The summed E-state index contributed by atoms with van der Waals surface area (Å²) in [6, 6.07) is 0.709. The van der Waals surface area contributed by atoms with Gasteiger partial charge in [-0.15, -0.1) is 12.4 Å². The lowest BCUT2D eigenvalue weighted by molar-refractivity contribution is 0.385. The van der Waals surface area contributed by atoms with Crippen molar-refractivity contribution in [3.63, 3.8) is 0 Å². The average Bonchev–Trinajstić information content (AvgIpc) is 2.87. The van der Waals surface area contributed by atoms with Crippen molar-refractivity contribution < 1.29 is 21.6 Å². The van der Waals surface area contributed by atoms with Crippen molar-refractivity contribution in [1.29, 1.82) is 0 Å². The summed E-state index contributed by atoms with van der Waals surface area (Å²) >= 11 is 0. The third-order valence-corrected chi connectivity index (χ3v) is 5.07. The molecule has 9 heteroatoms. The first-order chi connectivity index (χ1) is 8.84. The van der Waals surface area contributed by atoms with Gasteiger partial charge in [-0.3, -0.25) is 0 Å². The van der Waals surface area contributed by atoms with Gasteiger partial charge in [-0.1, -0.05) is 0 Å². The highest BCUT2D eigenvalue weighted by Crippen LogP contribution is 2.22. The van der Waals surface area contributed by atoms with Crippen LogP contribution in [-0.2, 0) is 10.0 Å². The monoisotopic (exact) mass is 330 g/mol. The minimum atomic E-state index is -4.04. The highest BCUT2D eigenvalue weighted by atomic mass is 35.5. The lowest BCUT2D eigenvalue weighted by Gasteiger charge is -2.23. The third kappa shape index (κ3) is 3.08. The van der Waals surface area contributed by atoms with Crippen LogP contribution in [0.5, 0.6) is 0 Å². The summed E-state index contributed by atoms with van der Waals surface area (Å²) < 4.78 is 64.4. The number of likely N-dealkylation sites (N-methyl/N-ethyl adjacent to an activating group) is 1. The number of halogens is 4. The minimum Gasteiger partial charge on any atom is -0.315 e. The van der Waals surface area contributed by atoms with E-state index in [4.69, 9.17) is 0 Å². The van der Waals surface area contributed by atoms with Gasteiger partial charge in [-0.25, -0.2) is 21.6 Å². The van der Waals surface area contributed by atoms with Crippen molar-refractivity contribution in [3.05, 3.63) is 29.6 Å². The van der Waals surface area contributed by atoms with E-state index in [0.717, 1.165) is 4.31 Å². The number of hydrogen-bond acceptors (Lipinski definition) is 3. The van der Waals surface area contributed by atoms with Crippen LogP contribution in [0.2, 0.25) is 0 Å². The Morgan fingerprint density at radius 1 is 1.25 bits per heavy atom.